The van der Waals surface area contributed by atoms with E-state index in [0.717, 1.165) is 11.1 Å². The Morgan fingerprint density at radius 2 is 1.79 bits per heavy atom. The molecule has 7 nitrogen and oxygen atoms in total. The fourth-order valence-electron chi connectivity index (χ4n) is 3.57. The second kappa shape index (κ2) is 9.95. The summed E-state index contributed by atoms with van der Waals surface area (Å²) >= 11 is 6.07. The third kappa shape index (κ3) is 5.13. The summed E-state index contributed by atoms with van der Waals surface area (Å²) in [5.74, 6) is 0.421. The Hall–Kier alpha value is -3.23. The van der Waals surface area contributed by atoms with E-state index < -0.39 is 22.0 Å². The highest BCUT2D eigenvalue weighted by atomic mass is 35.5. The number of fused-ring (bicyclic) bond motifs is 1. The van der Waals surface area contributed by atoms with Crippen molar-refractivity contribution in [1.29, 1.82) is 0 Å². The monoisotopic (exact) mass is 500 g/mol. The molecule has 1 heterocycles. The first-order valence-electron chi connectivity index (χ1n) is 10.8. The van der Waals surface area contributed by atoms with Gasteiger partial charge in [-0.1, -0.05) is 47.5 Å². The second-order valence-corrected chi connectivity index (χ2v) is 10.3. The van der Waals surface area contributed by atoms with Crippen molar-refractivity contribution >= 4 is 33.2 Å². The van der Waals surface area contributed by atoms with Gasteiger partial charge in [-0.15, -0.1) is 0 Å². The first-order valence-corrected chi connectivity index (χ1v) is 12.6. The van der Waals surface area contributed by atoms with Crippen molar-refractivity contribution < 1.29 is 22.7 Å². The molecule has 3 aromatic carbocycles. The lowest BCUT2D eigenvalue weighted by atomic mass is 10.1. The molecular formula is C25H25ClN2O5S. The number of benzene rings is 3. The van der Waals surface area contributed by atoms with Crippen LogP contribution >= 0.6 is 11.6 Å². The van der Waals surface area contributed by atoms with Crippen LogP contribution in [0.25, 0.3) is 0 Å². The van der Waals surface area contributed by atoms with Gasteiger partial charge in [0.15, 0.2) is 6.10 Å². The molecule has 0 spiro atoms. The Bertz CT molecular complexity index is 1290. The van der Waals surface area contributed by atoms with Gasteiger partial charge in [-0.2, -0.15) is 0 Å². The largest absolute Gasteiger partial charge is 0.490 e. The number of hydrogen-bond donors (Lipinski definition) is 1. The van der Waals surface area contributed by atoms with Gasteiger partial charge in [-0.3, -0.25) is 9.10 Å². The third-order valence-corrected chi connectivity index (χ3v) is 7.49. The number of anilines is 1. The maximum Gasteiger partial charge on any atom is 0.264 e. The van der Waals surface area contributed by atoms with Crippen molar-refractivity contribution in [2.24, 2.45) is 0 Å². The van der Waals surface area contributed by atoms with Crippen molar-refractivity contribution in [3.63, 3.8) is 0 Å². The lowest BCUT2D eigenvalue weighted by Crippen LogP contribution is -2.51. The number of aryl methyl sites for hydroxylation is 2. The maximum absolute atomic E-state index is 13.5. The van der Waals surface area contributed by atoms with Gasteiger partial charge in [0.1, 0.15) is 18.1 Å². The van der Waals surface area contributed by atoms with Crippen LogP contribution < -0.4 is 19.1 Å². The van der Waals surface area contributed by atoms with E-state index in [2.05, 4.69) is 5.32 Å². The quantitative estimate of drug-likeness (QED) is 0.493. The average Bonchev–Trinajstić information content (AvgIpc) is 2.82. The number of halogens is 1. The first kappa shape index (κ1) is 23.9. The van der Waals surface area contributed by atoms with Crippen molar-refractivity contribution in [3.05, 3.63) is 82.9 Å². The fraction of sp³-hybridized carbons (Fsp3) is 0.240. The number of nitrogens with zero attached hydrogens (tertiary/aromatic N) is 1. The van der Waals surface area contributed by atoms with Crippen LogP contribution in [-0.4, -0.2) is 40.1 Å². The second-order valence-electron chi connectivity index (χ2n) is 8.00. The van der Waals surface area contributed by atoms with Gasteiger partial charge in [0.05, 0.1) is 28.7 Å². The van der Waals surface area contributed by atoms with Gasteiger partial charge in [0, 0.05) is 0 Å². The van der Waals surface area contributed by atoms with Crippen LogP contribution in [0.3, 0.4) is 0 Å². The molecule has 0 aromatic heterocycles. The van der Waals surface area contributed by atoms with Crippen molar-refractivity contribution in [2.45, 2.75) is 24.8 Å². The molecule has 1 aliphatic rings. The van der Waals surface area contributed by atoms with Gasteiger partial charge >= 0.3 is 0 Å². The number of carbonyl (C=O) groups excluding carboxylic acids is 1. The Morgan fingerprint density at radius 1 is 1.09 bits per heavy atom. The molecule has 3 aromatic rings. The lowest BCUT2D eigenvalue weighted by Gasteiger charge is -2.35. The highest BCUT2D eigenvalue weighted by Crippen LogP contribution is 2.37. The van der Waals surface area contributed by atoms with E-state index in [1.54, 1.807) is 60.7 Å². The number of amides is 1. The van der Waals surface area contributed by atoms with E-state index in [1.807, 2.05) is 19.9 Å². The number of rotatable bonds is 7. The Labute approximate surface area is 204 Å². The zero-order chi connectivity index (χ0) is 24.3. The zero-order valence-corrected chi connectivity index (χ0v) is 20.4. The summed E-state index contributed by atoms with van der Waals surface area (Å²) in [5, 5.41) is 3.23. The lowest BCUT2D eigenvalue weighted by molar-refractivity contribution is -0.127. The first-order chi connectivity index (χ1) is 16.3. The van der Waals surface area contributed by atoms with Crippen LogP contribution in [0.5, 0.6) is 11.5 Å². The van der Waals surface area contributed by atoms with Gasteiger partial charge in [0.2, 0.25) is 0 Å². The minimum atomic E-state index is -3.91. The van der Waals surface area contributed by atoms with Crippen molar-refractivity contribution in [3.8, 4) is 11.5 Å². The molecule has 1 N–H and O–H groups in total. The average molecular weight is 501 g/mol. The minimum absolute atomic E-state index is 0.149. The molecule has 1 aliphatic heterocycles. The van der Waals surface area contributed by atoms with Crippen LogP contribution in [0.1, 0.15) is 11.1 Å². The van der Waals surface area contributed by atoms with E-state index >= 15 is 0 Å². The van der Waals surface area contributed by atoms with Gasteiger partial charge < -0.3 is 14.8 Å². The fourth-order valence-corrected chi connectivity index (χ4v) is 5.23. The molecular weight excluding hydrogens is 476 g/mol. The van der Waals surface area contributed by atoms with E-state index in [0.29, 0.717) is 22.2 Å². The molecule has 0 fully saturated rings. The van der Waals surface area contributed by atoms with Crippen LogP contribution in [0.15, 0.2) is 71.6 Å². The molecule has 4 rings (SSSR count). The summed E-state index contributed by atoms with van der Waals surface area (Å²) in [6, 6.07) is 18.9. The maximum atomic E-state index is 13.5. The summed E-state index contributed by atoms with van der Waals surface area (Å²) < 4.78 is 39.7. The zero-order valence-electron chi connectivity index (χ0n) is 18.8. The number of para-hydroxylation sites is 1. The van der Waals surface area contributed by atoms with Gasteiger partial charge in [-0.05, 0) is 55.8 Å². The topological polar surface area (TPSA) is 84.9 Å². The summed E-state index contributed by atoms with van der Waals surface area (Å²) in [4.78, 5) is 13.0. The predicted molar refractivity (Wildman–Crippen MR) is 131 cm³/mol. The van der Waals surface area contributed by atoms with E-state index in [9.17, 15) is 13.2 Å². The molecule has 34 heavy (non-hydrogen) atoms. The predicted octanol–water partition coefficient (Wildman–Crippen LogP) is 4.11. The Balaban J connectivity index is 1.50. The summed E-state index contributed by atoms with van der Waals surface area (Å²) in [6.07, 6.45) is -1.02. The van der Waals surface area contributed by atoms with Crippen LogP contribution in [-0.2, 0) is 14.8 Å². The van der Waals surface area contributed by atoms with Crippen LogP contribution in [0, 0.1) is 13.8 Å². The summed E-state index contributed by atoms with van der Waals surface area (Å²) in [5.41, 5.74) is 2.24. The number of sulfonamides is 1. The molecule has 0 aliphatic carbocycles. The Kier molecular flexibility index (Phi) is 7.00. The van der Waals surface area contributed by atoms with Gasteiger partial charge in [-0.25, -0.2) is 8.42 Å². The molecule has 178 valence electrons. The Morgan fingerprint density at radius 3 is 2.53 bits per heavy atom. The highest BCUT2D eigenvalue weighted by Gasteiger charge is 2.37. The standard InChI is InChI=1S/C25H25ClN2O5S/c1-17-7-10-19(11-8-17)34(30,31)28-16-24(33-23-12-9-18(2)15-21(23)28)25(29)27-13-14-32-22-6-4-3-5-20(22)26/h3-12,15,24H,13-14,16H2,1-2H3,(H,27,29)/t24-/m0/s1. The van der Waals surface area contributed by atoms with Crippen LogP contribution in [0.4, 0.5) is 5.69 Å². The number of ether oxygens (including phenoxy) is 2. The SMILES string of the molecule is Cc1ccc(S(=O)(=O)N2C[C@@H](C(=O)NCCOc3ccccc3Cl)Oc3ccc(C)cc32)cc1. The minimum Gasteiger partial charge on any atom is -0.490 e. The molecule has 0 radical (unpaired) electrons. The summed E-state index contributed by atoms with van der Waals surface area (Å²) in [7, 11) is -3.91. The third-order valence-electron chi connectivity index (χ3n) is 5.38. The molecule has 0 saturated heterocycles. The van der Waals surface area contributed by atoms with Crippen molar-refractivity contribution in [1.82, 2.24) is 5.32 Å². The summed E-state index contributed by atoms with van der Waals surface area (Å²) in [6.45, 7) is 4.01. The number of carbonyl (C=O) groups is 1. The smallest absolute Gasteiger partial charge is 0.264 e. The molecule has 9 heteroatoms. The van der Waals surface area contributed by atoms with Crippen molar-refractivity contribution in [2.75, 3.05) is 24.0 Å². The van der Waals surface area contributed by atoms with Crippen LogP contribution in [0.2, 0.25) is 5.02 Å². The molecule has 1 amide bonds. The highest BCUT2D eigenvalue weighted by molar-refractivity contribution is 7.92. The molecule has 0 bridgehead atoms. The van der Waals surface area contributed by atoms with E-state index in [4.69, 9.17) is 21.1 Å². The normalized spacial score (nSPS) is 15.3. The number of hydrogen-bond acceptors (Lipinski definition) is 5. The molecule has 1 atom stereocenters. The number of nitrogens with one attached hydrogen (secondary N) is 1. The van der Waals surface area contributed by atoms with Gasteiger partial charge in [0.25, 0.3) is 15.9 Å². The van der Waals surface area contributed by atoms with E-state index in [-0.39, 0.29) is 24.6 Å². The molecule has 0 unspecified atom stereocenters. The molecule has 0 saturated carbocycles. The van der Waals surface area contributed by atoms with E-state index in [1.165, 1.54) is 4.31 Å².